The Morgan fingerprint density at radius 2 is 1.56 bits per heavy atom. The minimum atomic E-state index is -5.09. The van der Waals surface area contributed by atoms with Crippen molar-refractivity contribution in [1.29, 1.82) is 0 Å². The fraction of sp³-hybridized carbons (Fsp3) is 0. The molecular formula is C8H4BCl2F4K. The standard InChI is InChI=1S/C8H4BCl2F4.K/c10-6-3-5(1-2-9(13,14)15)8(12)4-7(6)11;/h1-4H;/q-1;+1/b2-1+;. The number of benzene rings is 1. The Morgan fingerprint density at radius 1 is 1.06 bits per heavy atom. The molecule has 0 aromatic heterocycles. The largest absolute Gasteiger partial charge is 1.00 e. The van der Waals surface area contributed by atoms with Gasteiger partial charge in [-0.1, -0.05) is 29.3 Å². The van der Waals surface area contributed by atoms with Crippen LogP contribution < -0.4 is 51.4 Å². The van der Waals surface area contributed by atoms with Gasteiger partial charge in [0.05, 0.1) is 10.0 Å². The molecule has 82 valence electrons. The average molecular weight is 297 g/mol. The van der Waals surface area contributed by atoms with Gasteiger partial charge in [-0.15, -0.1) is 5.98 Å². The van der Waals surface area contributed by atoms with Crippen LogP contribution in [0, 0.1) is 5.82 Å². The molecule has 8 heteroatoms. The van der Waals surface area contributed by atoms with E-state index < -0.39 is 12.8 Å². The molecule has 0 saturated carbocycles. The van der Waals surface area contributed by atoms with E-state index in [2.05, 4.69) is 0 Å². The van der Waals surface area contributed by atoms with Gasteiger partial charge in [0.2, 0.25) is 0 Å². The molecule has 1 rings (SSSR count). The van der Waals surface area contributed by atoms with Gasteiger partial charge in [0.25, 0.3) is 0 Å². The van der Waals surface area contributed by atoms with Crippen molar-refractivity contribution in [2.45, 2.75) is 0 Å². The molecule has 0 spiro atoms. The van der Waals surface area contributed by atoms with Gasteiger partial charge in [-0.05, 0) is 12.1 Å². The maximum atomic E-state index is 13.1. The van der Waals surface area contributed by atoms with E-state index in [9.17, 15) is 17.3 Å². The van der Waals surface area contributed by atoms with Crippen LogP contribution in [0.3, 0.4) is 0 Å². The van der Waals surface area contributed by atoms with Crippen LogP contribution in [0.1, 0.15) is 5.56 Å². The first kappa shape index (κ1) is 17.0. The van der Waals surface area contributed by atoms with Gasteiger partial charge < -0.3 is 12.9 Å². The summed E-state index contributed by atoms with van der Waals surface area (Å²) in [5.41, 5.74) is -0.247. The molecule has 0 heterocycles. The molecule has 0 nitrogen and oxygen atoms in total. The van der Waals surface area contributed by atoms with E-state index in [1.54, 1.807) is 0 Å². The summed E-state index contributed by atoms with van der Waals surface area (Å²) in [5.74, 6) is -0.858. The molecule has 16 heavy (non-hydrogen) atoms. The summed E-state index contributed by atoms with van der Waals surface area (Å²) < 4.78 is 48.6. The van der Waals surface area contributed by atoms with Crippen molar-refractivity contribution in [2.24, 2.45) is 0 Å². The molecule has 0 amide bonds. The third-order valence-corrected chi connectivity index (χ3v) is 2.26. The normalized spacial score (nSPS) is 11.6. The summed E-state index contributed by atoms with van der Waals surface area (Å²) in [4.78, 5) is 0. The number of halogens is 6. The van der Waals surface area contributed by atoms with Crippen molar-refractivity contribution in [1.82, 2.24) is 0 Å². The van der Waals surface area contributed by atoms with E-state index in [1.165, 1.54) is 0 Å². The zero-order valence-electron chi connectivity index (χ0n) is 8.15. The quantitative estimate of drug-likeness (QED) is 0.441. The van der Waals surface area contributed by atoms with Crippen LogP contribution in [0.15, 0.2) is 18.1 Å². The average Bonchev–Trinajstić information content (AvgIpc) is 2.07. The molecule has 0 atom stereocenters. The maximum Gasteiger partial charge on any atom is 1.00 e. The second-order valence-electron chi connectivity index (χ2n) is 2.77. The van der Waals surface area contributed by atoms with Crippen LogP contribution >= 0.6 is 23.2 Å². The third-order valence-electron chi connectivity index (χ3n) is 1.53. The minimum absolute atomic E-state index is 0. The molecule has 1 aromatic carbocycles. The van der Waals surface area contributed by atoms with Crippen molar-refractivity contribution in [3.05, 3.63) is 39.5 Å². The fourth-order valence-corrected chi connectivity index (χ4v) is 1.20. The summed E-state index contributed by atoms with van der Waals surface area (Å²) >= 11 is 11.0. The Morgan fingerprint density at radius 3 is 2.06 bits per heavy atom. The molecule has 0 N–H and O–H groups in total. The van der Waals surface area contributed by atoms with Gasteiger partial charge in [0, 0.05) is 5.56 Å². The zero-order valence-corrected chi connectivity index (χ0v) is 12.8. The van der Waals surface area contributed by atoms with E-state index in [0.717, 1.165) is 12.1 Å². The predicted octanol–water partition coefficient (Wildman–Crippen LogP) is 1.54. The number of rotatable bonds is 2. The zero-order chi connectivity index (χ0) is 11.6. The maximum absolute atomic E-state index is 13.1. The predicted molar refractivity (Wildman–Crippen MR) is 54.5 cm³/mol. The van der Waals surface area contributed by atoms with Crippen molar-refractivity contribution in [3.8, 4) is 0 Å². The van der Waals surface area contributed by atoms with Crippen LogP contribution in [0.5, 0.6) is 0 Å². The molecular weight excluding hydrogens is 293 g/mol. The van der Waals surface area contributed by atoms with E-state index in [-0.39, 0.29) is 73.0 Å². The van der Waals surface area contributed by atoms with Gasteiger partial charge in [-0.3, -0.25) is 0 Å². The topological polar surface area (TPSA) is 0 Å². The van der Waals surface area contributed by atoms with Crippen LogP contribution in [0.2, 0.25) is 10.0 Å². The third kappa shape index (κ3) is 5.53. The van der Waals surface area contributed by atoms with E-state index in [1.807, 2.05) is 0 Å². The van der Waals surface area contributed by atoms with Crippen LogP contribution in [0.25, 0.3) is 6.08 Å². The summed E-state index contributed by atoms with van der Waals surface area (Å²) in [6.07, 6.45) is 0.623. The van der Waals surface area contributed by atoms with E-state index in [0.29, 0.717) is 6.08 Å². The Balaban J connectivity index is 0.00000225. The molecule has 0 aliphatic carbocycles. The fourth-order valence-electron chi connectivity index (χ4n) is 0.878. The summed E-state index contributed by atoms with van der Waals surface area (Å²) in [6.45, 7) is -5.09. The number of hydrogen-bond acceptors (Lipinski definition) is 0. The van der Waals surface area contributed by atoms with Crippen molar-refractivity contribution in [3.63, 3.8) is 0 Å². The SMILES string of the molecule is Fc1cc(Cl)c(Cl)cc1/C=C/[B-](F)(F)F.[K+]. The van der Waals surface area contributed by atoms with Crippen LogP contribution in [-0.4, -0.2) is 6.98 Å². The van der Waals surface area contributed by atoms with Crippen molar-refractivity contribution >= 4 is 36.3 Å². The summed E-state index contributed by atoms with van der Waals surface area (Å²) in [7, 11) is 0. The molecule has 0 unspecified atom stereocenters. The van der Waals surface area contributed by atoms with Crippen molar-refractivity contribution < 1.29 is 68.7 Å². The minimum Gasteiger partial charge on any atom is -0.445 e. The van der Waals surface area contributed by atoms with Gasteiger partial charge in [0.15, 0.2) is 0 Å². The van der Waals surface area contributed by atoms with Crippen LogP contribution in [0.4, 0.5) is 17.3 Å². The monoisotopic (exact) mass is 296 g/mol. The molecule has 0 aliphatic heterocycles. The summed E-state index contributed by atoms with van der Waals surface area (Å²) in [5, 5.41) is -0.0313. The molecule has 0 radical (unpaired) electrons. The van der Waals surface area contributed by atoms with E-state index >= 15 is 0 Å². The Bertz CT molecular complexity index is 406. The van der Waals surface area contributed by atoms with Gasteiger partial charge in [0.1, 0.15) is 5.82 Å². The van der Waals surface area contributed by atoms with Crippen molar-refractivity contribution in [2.75, 3.05) is 0 Å². The van der Waals surface area contributed by atoms with Gasteiger partial charge in [-0.25, -0.2) is 4.39 Å². The second-order valence-corrected chi connectivity index (χ2v) is 3.59. The molecule has 0 bridgehead atoms. The second kappa shape index (κ2) is 6.78. The molecule has 0 aliphatic rings. The first-order chi connectivity index (χ1) is 6.79. The first-order valence-electron chi connectivity index (χ1n) is 3.83. The Kier molecular flexibility index (Phi) is 7.18. The molecule has 0 saturated heterocycles. The van der Waals surface area contributed by atoms with E-state index in [4.69, 9.17) is 23.2 Å². The van der Waals surface area contributed by atoms with Gasteiger partial charge in [-0.2, -0.15) is 0 Å². The Labute approximate surface area is 142 Å². The smallest absolute Gasteiger partial charge is 0.445 e. The van der Waals surface area contributed by atoms with Crippen LogP contribution in [-0.2, 0) is 0 Å². The Hall–Kier alpha value is 0.961. The number of hydrogen-bond donors (Lipinski definition) is 0. The summed E-state index contributed by atoms with van der Waals surface area (Å²) in [6, 6.07) is 1.91. The first-order valence-corrected chi connectivity index (χ1v) is 4.59. The molecule has 0 fully saturated rings. The van der Waals surface area contributed by atoms with Gasteiger partial charge >= 0.3 is 58.4 Å². The molecule has 1 aromatic rings.